The van der Waals surface area contributed by atoms with Crippen LogP contribution in [0, 0.1) is 0 Å². The van der Waals surface area contributed by atoms with Crippen molar-refractivity contribution in [2.75, 3.05) is 7.11 Å². The average molecular weight is 287 g/mol. The number of rotatable bonds is 6. The number of carbonyl (C=O) groups excluding carboxylic acids is 1. The number of esters is 1. The van der Waals surface area contributed by atoms with Crippen LogP contribution in [-0.2, 0) is 17.8 Å². The standard InChI is InChI=1S/C16H21N3O2/c1-12(2)18-10-15-17-8-9-19(15)11-13-4-6-14(7-5-13)16(20)21-3/h4-9,12,18H,10-11H2,1-3H3. The highest BCUT2D eigenvalue weighted by Gasteiger charge is 2.07. The fraction of sp³-hybridized carbons (Fsp3) is 0.375. The molecular weight excluding hydrogens is 266 g/mol. The Kier molecular flexibility index (Phi) is 5.11. The molecule has 0 aliphatic carbocycles. The summed E-state index contributed by atoms with van der Waals surface area (Å²) in [6.45, 7) is 5.69. The quantitative estimate of drug-likeness (QED) is 0.828. The molecule has 0 radical (unpaired) electrons. The molecule has 0 saturated heterocycles. The fourth-order valence-corrected chi connectivity index (χ4v) is 2.01. The lowest BCUT2D eigenvalue weighted by atomic mass is 10.1. The van der Waals surface area contributed by atoms with E-state index in [0.717, 1.165) is 24.5 Å². The van der Waals surface area contributed by atoms with Gasteiger partial charge in [-0.2, -0.15) is 0 Å². The first-order valence-electron chi connectivity index (χ1n) is 7.01. The van der Waals surface area contributed by atoms with Gasteiger partial charge in [0.25, 0.3) is 0 Å². The van der Waals surface area contributed by atoms with E-state index in [2.05, 4.69) is 28.7 Å². The number of methoxy groups -OCH3 is 1. The molecule has 0 aliphatic rings. The van der Waals surface area contributed by atoms with E-state index in [1.165, 1.54) is 7.11 Å². The molecule has 2 aromatic rings. The van der Waals surface area contributed by atoms with Gasteiger partial charge in [0.05, 0.1) is 19.2 Å². The number of aromatic nitrogens is 2. The second kappa shape index (κ2) is 7.04. The molecule has 1 aromatic carbocycles. The largest absolute Gasteiger partial charge is 0.465 e. The maximum atomic E-state index is 11.4. The summed E-state index contributed by atoms with van der Waals surface area (Å²) in [4.78, 5) is 15.8. The van der Waals surface area contributed by atoms with Crippen LogP contribution < -0.4 is 5.32 Å². The van der Waals surface area contributed by atoms with Crippen molar-refractivity contribution in [1.29, 1.82) is 0 Å². The third-order valence-electron chi connectivity index (χ3n) is 3.20. The van der Waals surface area contributed by atoms with Crippen LogP contribution in [0.1, 0.15) is 35.6 Å². The number of benzene rings is 1. The van der Waals surface area contributed by atoms with Gasteiger partial charge in [-0.25, -0.2) is 9.78 Å². The summed E-state index contributed by atoms with van der Waals surface area (Å²) < 4.78 is 6.79. The van der Waals surface area contributed by atoms with Gasteiger partial charge >= 0.3 is 5.97 Å². The Morgan fingerprint density at radius 1 is 1.33 bits per heavy atom. The van der Waals surface area contributed by atoms with Gasteiger partial charge in [0.15, 0.2) is 0 Å². The lowest BCUT2D eigenvalue weighted by Crippen LogP contribution is -2.24. The van der Waals surface area contributed by atoms with Gasteiger partial charge in [0.2, 0.25) is 0 Å². The third-order valence-corrected chi connectivity index (χ3v) is 3.20. The number of hydrogen-bond acceptors (Lipinski definition) is 4. The number of hydrogen-bond donors (Lipinski definition) is 1. The molecule has 0 atom stereocenters. The average Bonchev–Trinajstić information content (AvgIpc) is 2.92. The second-order valence-electron chi connectivity index (χ2n) is 5.20. The van der Waals surface area contributed by atoms with E-state index in [0.29, 0.717) is 11.6 Å². The fourth-order valence-electron chi connectivity index (χ4n) is 2.01. The molecule has 0 spiro atoms. The van der Waals surface area contributed by atoms with Crippen molar-refractivity contribution in [3.8, 4) is 0 Å². The summed E-state index contributed by atoms with van der Waals surface area (Å²) in [5.74, 6) is 0.687. The topological polar surface area (TPSA) is 56.2 Å². The number of imidazole rings is 1. The zero-order valence-corrected chi connectivity index (χ0v) is 12.7. The summed E-state index contributed by atoms with van der Waals surface area (Å²) >= 11 is 0. The third kappa shape index (κ3) is 4.16. The zero-order chi connectivity index (χ0) is 15.2. The van der Waals surface area contributed by atoms with Crippen LogP contribution in [0.5, 0.6) is 0 Å². The maximum Gasteiger partial charge on any atom is 0.337 e. The maximum absolute atomic E-state index is 11.4. The van der Waals surface area contributed by atoms with E-state index in [1.54, 1.807) is 18.3 Å². The molecule has 21 heavy (non-hydrogen) atoms. The SMILES string of the molecule is COC(=O)c1ccc(Cn2ccnc2CNC(C)C)cc1. The van der Waals surface area contributed by atoms with Crippen molar-refractivity contribution >= 4 is 5.97 Å². The van der Waals surface area contributed by atoms with E-state index in [4.69, 9.17) is 4.74 Å². The number of nitrogens with one attached hydrogen (secondary N) is 1. The minimum absolute atomic E-state index is 0.314. The van der Waals surface area contributed by atoms with Gasteiger partial charge in [0.1, 0.15) is 5.82 Å². The van der Waals surface area contributed by atoms with Crippen molar-refractivity contribution in [3.05, 3.63) is 53.6 Å². The predicted octanol–water partition coefficient (Wildman–Crippen LogP) is 2.22. The molecule has 112 valence electrons. The Hall–Kier alpha value is -2.14. The Balaban J connectivity index is 2.05. The highest BCUT2D eigenvalue weighted by atomic mass is 16.5. The molecule has 0 unspecified atom stereocenters. The van der Waals surface area contributed by atoms with E-state index in [-0.39, 0.29) is 5.97 Å². The number of carbonyl (C=O) groups is 1. The monoisotopic (exact) mass is 287 g/mol. The van der Waals surface area contributed by atoms with Gasteiger partial charge in [-0.15, -0.1) is 0 Å². The van der Waals surface area contributed by atoms with Crippen LogP contribution in [0.4, 0.5) is 0 Å². The number of ether oxygens (including phenoxy) is 1. The highest BCUT2D eigenvalue weighted by Crippen LogP contribution is 2.09. The van der Waals surface area contributed by atoms with E-state index in [9.17, 15) is 4.79 Å². The first kappa shape index (κ1) is 15.3. The van der Waals surface area contributed by atoms with Crippen LogP contribution in [0.25, 0.3) is 0 Å². The predicted molar refractivity (Wildman–Crippen MR) is 81.1 cm³/mol. The van der Waals surface area contributed by atoms with Gasteiger partial charge in [-0.3, -0.25) is 0 Å². The summed E-state index contributed by atoms with van der Waals surface area (Å²) in [5.41, 5.74) is 1.68. The van der Waals surface area contributed by atoms with E-state index >= 15 is 0 Å². The van der Waals surface area contributed by atoms with Crippen LogP contribution in [0.15, 0.2) is 36.7 Å². The van der Waals surface area contributed by atoms with Gasteiger partial charge in [-0.1, -0.05) is 26.0 Å². The molecule has 0 saturated carbocycles. The highest BCUT2D eigenvalue weighted by molar-refractivity contribution is 5.89. The van der Waals surface area contributed by atoms with Gasteiger partial charge in [-0.05, 0) is 17.7 Å². The Labute approximate surface area is 125 Å². The molecule has 1 heterocycles. The van der Waals surface area contributed by atoms with Crippen molar-refractivity contribution in [3.63, 3.8) is 0 Å². The van der Waals surface area contributed by atoms with E-state index in [1.807, 2.05) is 18.3 Å². The number of nitrogens with zero attached hydrogens (tertiary/aromatic N) is 2. The summed E-state index contributed by atoms with van der Waals surface area (Å²) in [6, 6.07) is 7.86. The molecule has 0 amide bonds. The van der Waals surface area contributed by atoms with Crippen molar-refractivity contribution in [2.24, 2.45) is 0 Å². The molecule has 1 aromatic heterocycles. The van der Waals surface area contributed by atoms with Crippen LogP contribution in [-0.4, -0.2) is 28.7 Å². The first-order chi connectivity index (χ1) is 10.1. The Morgan fingerprint density at radius 3 is 2.67 bits per heavy atom. The zero-order valence-electron chi connectivity index (χ0n) is 12.7. The lowest BCUT2D eigenvalue weighted by molar-refractivity contribution is 0.0600. The molecule has 0 aliphatic heterocycles. The Morgan fingerprint density at radius 2 is 2.05 bits per heavy atom. The normalized spacial score (nSPS) is 10.9. The molecule has 0 bridgehead atoms. The van der Waals surface area contributed by atoms with Crippen LogP contribution in [0.3, 0.4) is 0 Å². The van der Waals surface area contributed by atoms with Crippen molar-refractivity contribution in [2.45, 2.75) is 33.0 Å². The van der Waals surface area contributed by atoms with Crippen LogP contribution >= 0.6 is 0 Å². The molecule has 1 N–H and O–H groups in total. The van der Waals surface area contributed by atoms with Crippen LogP contribution in [0.2, 0.25) is 0 Å². The smallest absolute Gasteiger partial charge is 0.337 e. The Bertz CT molecular complexity index is 588. The second-order valence-corrected chi connectivity index (χ2v) is 5.20. The molecular formula is C16H21N3O2. The molecule has 5 heteroatoms. The molecule has 0 fully saturated rings. The summed E-state index contributed by atoms with van der Waals surface area (Å²) in [6.07, 6.45) is 3.77. The first-order valence-corrected chi connectivity index (χ1v) is 7.01. The summed E-state index contributed by atoms with van der Waals surface area (Å²) in [7, 11) is 1.38. The minimum Gasteiger partial charge on any atom is -0.465 e. The van der Waals surface area contributed by atoms with Crippen molar-refractivity contribution < 1.29 is 9.53 Å². The van der Waals surface area contributed by atoms with Gasteiger partial charge in [0, 0.05) is 25.0 Å². The van der Waals surface area contributed by atoms with Gasteiger partial charge < -0.3 is 14.6 Å². The molecule has 2 rings (SSSR count). The molecule has 5 nitrogen and oxygen atoms in total. The van der Waals surface area contributed by atoms with E-state index < -0.39 is 0 Å². The lowest BCUT2D eigenvalue weighted by Gasteiger charge is -2.11. The summed E-state index contributed by atoms with van der Waals surface area (Å²) in [5, 5.41) is 3.36. The minimum atomic E-state index is -0.314. The van der Waals surface area contributed by atoms with Crippen molar-refractivity contribution in [1.82, 2.24) is 14.9 Å².